The first kappa shape index (κ1) is 16.5. The minimum Gasteiger partial charge on any atom is -0.0874 e. The topological polar surface area (TPSA) is 0 Å². The highest BCUT2D eigenvalue weighted by atomic mass is 14.1. The van der Waals surface area contributed by atoms with Crippen LogP contribution in [0.2, 0.25) is 0 Å². The summed E-state index contributed by atoms with van der Waals surface area (Å²) in [6.07, 6.45) is 16.2. The molecular weight excluding hydrogens is 204 g/mol. The molecule has 0 spiro atoms. The van der Waals surface area contributed by atoms with E-state index in [4.69, 9.17) is 0 Å². The molecule has 0 aromatic carbocycles. The van der Waals surface area contributed by atoms with Gasteiger partial charge in [-0.1, -0.05) is 70.3 Å². The van der Waals surface area contributed by atoms with Crippen molar-refractivity contribution < 1.29 is 0 Å². The fourth-order valence-corrected chi connectivity index (χ4v) is 2.05. The molecule has 0 saturated carbocycles. The Morgan fingerprint density at radius 1 is 0.882 bits per heavy atom. The standard InChI is InChI=1S/C17H32/c1-6-13-16(7-2)14-11-9-8-10-12-15-17(3,4)5/h6-7,13H,8-12,14-15H2,1-5H3/b13-6-,16-7+. The molecule has 0 heterocycles. The zero-order valence-corrected chi connectivity index (χ0v) is 12.7. The third-order valence-corrected chi connectivity index (χ3v) is 3.14. The molecule has 0 atom stereocenters. The highest BCUT2D eigenvalue weighted by Gasteiger charge is 2.08. The van der Waals surface area contributed by atoms with Crippen LogP contribution in [0.1, 0.15) is 79.6 Å². The van der Waals surface area contributed by atoms with Crippen molar-refractivity contribution in [2.45, 2.75) is 79.6 Å². The minimum absolute atomic E-state index is 0.518. The van der Waals surface area contributed by atoms with E-state index in [1.54, 1.807) is 0 Å². The molecule has 17 heavy (non-hydrogen) atoms. The fraction of sp³-hybridized carbons (Fsp3) is 0.765. The van der Waals surface area contributed by atoms with Crippen LogP contribution >= 0.6 is 0 Å². The second kappa shape index (κ2) is 9.50. The molecule has 0 aromatic rings. The van der Waals surface area contributed by atoms with Crippen LogP contribution in [0.4, 0.5) is 0 Å². The highest BCUT2D eigenvalue weighted by molar-refractivity contribution is 5.16. The largest absolute Gasteiger partial charge is 0.0874 e. The maximum atomic E-state index is 2.34. The summed E-state index contributed by atoms with van der Waals surface area (Å²) in [5.41, 5.74) is 2.01. The van der Waals surface area contributed by atoms with Crippen molar-refractivity contribution in [3.63, 3.8) is 0 Å². The maximum Gasteiger partial charge on any atom is -0.0282 e. The summed E-state index contributed by atoms with van der Waals surface area (Å²) >= 11 is 0. The van der Waals surface area contributed by atoms with Gasteiger partial charge in [-0.15, -0.1) is 0 Å². The van der Waals surface area contributed by atoms with E-state index in [-0.39, 0.29) is 0 Å². The average molecular weight is 236 g/mol. The van der Waals surface area contributed by atoms with Crippen LogP contribution in [0.25, 0.3) is 0 Å². The van der Waals surface area contributed by atoms with Gasteiger partial charge in [-0.2, -0.15) is 0 Å². The van der Waals surface area contributed by atoms with Gasteiger partial charge in [-0.3, -0.25) is 0 Å². The van der Waals surface area contributed by atoms with Crippen molar-refractivity contribution in [3.8, 4) is 0 Å². The van der Waals surface area contributed by atoms with Gasteiger partial charge in [0.1, 0.15) is 0 Å². The second-order valence-corrected chi connectivity index (χ2v) is 6.19. The smallest absolute Gasteiger partial charge is 0.0282 e. The normalized spacial score (nSPS) is 13.6. The lowest BCUT2D eigenvalue weighted by molar-refractivity contribution is 0.356. The van der Waals surface area contributed by atoms with Crippen LogP contribution in [0.5, 0.6) is 0 Å². The van der Waals surface area contributed by atoms with Gasteiger partial charge in [0.15, 0.2) is 0 Å². The molecule has 0 nitrogen and oxygen atoms in total. The van der Waals surface area contributed by atoms with E-state index in [0.717, 1.165) is 0 Å². The van der Waals surface area contributed by atoms with E-state index in [1.165, 1.54) is 50.5 Å². The molecule has 0 aliphatic heterocycles. The first-order valence-electron chi connectivity index (χ1n) is 7.27. The molecular formula is C17H32. The zero-order valence-electron chi connectivity index (χ0n) is 12.7. The number of allylic oxidation sites excluding steroid dienone is 4. The quantitative estimate of drug-likeness (QED) is 0.343. The fourth-order valence-electron chi connectivity index (χ4n) is 2.05. The van der Waals surface area contributed by atoms with E-state index < -0.39 is 0 Å². The summed E-state index contributed by atoms with van der Waals surface area (Å²) in [4.78, 5) is 0. The first-order valence-corrected chi connectivity index (χ1v) is 7.27. The molecule has 0 rings (SSSR count). The molecule has 0 aromatic heterocycles. The molecule has 0 aliphatic rings. The summed E-state index contributed by atoms with van der Waals surface area (Å²) in [6.45, 7) is 11.2. The Labute approximate surface area is 109 Å². The summed E-state index contributed by atoms with van der Waals surface area (Å²) in [5, 5.41) is 0. The lowest BCUT2D eigenvalue weighted by Crippen LogP contribution is -2.03. The van der Waals surface area contributed by atoms with Crippen LogP contribution in [-0.4, -0.2) is 0 Å². The van der Waals surface area contributed by atoms with Gasteiger partial charge in [-0.05, 0) is 38.5 Å². The first-order chi connectivity index (χ1) is 7.99. The molecule has 0 bridgehead atoms. The van der Waals surface area contributed by atoms with E-state index in [9.17, 15) is 0 Å². The van der Waals surface area contributed by atoms with Crippen LogP contribution in [-0.2, 0) is 0 Å². The Hall–Kier alpha value is -0.520. The molecule has 0 unspecified atom stereocenters. The Bertz CT molecular complexity index is 225. The Morgan fingerprint density at radius 2 is 1.47 bits per heavy atom. The van der Waals surface area contributed by atoms with Crippen molar-refractivity contribution in [1.82, 2.24) is 0 Å². The summed E-state index contributed by atoms with van der Waals surface area (Å²) in [6, 6.07) is 0. The van der Waals surface area contributed by atoms with Crippen molar-refractivity contribution in [2.24, 2.45) is 5.41 Å². The van der Waals surface area contributed by atoms with Crippen LogP contribution in [0, 0.1) is 5.41 Å². The molecule has 0 aliphatic carbocycles. The van der Waals surface area contributed by atoms with Crippen molar-refractivity contribution in [2.75, 3.05) is 0 Å². The van der Waals surface area contributed by atoms with Crippen LogP contribution in [0.15, 0.2) is 23.8 Å². The molecule has 0 radical (unpaired) electrons. The van der Waals surface area contributed by atoms with Crippen LogP contribution in [0.3, 0.4) is 0 Å². The average Bonchev–Trinajstić information content (AvgIpc) is 2.24. The van der Waals surface area contributed by atoms with Gasteiger partial charge in [0.2, 0.25) is 0 Å². The predicted octanol–water partition coefficient (Wildman–Crippen LogP) is 6.29. The van der Waals surface area contributed by atoms with Gasteiger partial charge < -0.3 is 0 Å². The minimum atomic E-state index is 0.518. The van der Waals surface area contributed by atoms with Crippen molar-refractivity contribution >= 4 is 0 Å². The van der Waals surface area contributed by atoms with E-state index in [1.807, 2.05) is 0 Å². The van der Waals surface area contributed by atoms with Gasteiger partial charge in [0, 0.05) is 0 Å². The summed E-state index contributed by atoms with van der Waals surface area (Å²) in [7, 11) is 0. The Balaban J connectivity index is 3.41. The number of hydrogen-bond acceptors (Lipinski definition) is 0. The highest BCUT2D eigenvalue weighted by Crippen LogP contribution is 2.22. The van der Waals surface area contributed by atoms with E-state index in [2.05, 4.69) is 52.8 Å². The summed E-state index contributed by atoms with van der Waals surface area (Å²) < 4.78 is 0. The van der Waals surface area contributed by atoms with Gasteiger partial charge in [-0.25, -0.2) is 0 Å². The number of hydrogen-bond donors (Lipinski definition) is 0. The lowest BCUT2D eigenvalue weighted by Gasteiger charge is -2.17. The molecule has 0 N–H and O–H groups in total. The van der Waals surface area contributed by atoms with Crippen molar-refractivity contribution in [3.05, 3.63) is 23.8 Å². The van der Waals surface area contributed by atoms with Gasteiger partial charge >= 0.3 is 0 Å². The van der Waals surface area contributed by atoms with Gasteiger partial charge in [0.25, 0.3) is 0 Å². The van der Waals surface area contributed by atoms with Crippen molar-refractivity contribution in [1.29, 1.82) is 0 Å². The van der Waals surface area contributed by atoms with E-state index in [0.29, 0.717) is 5.41 Å². The molecule has 0 heteroatoms. The van der Waals surface area contributed by atoms with Gasteiger partial charge in [0.05, 0.1) is 0 Å². The Morgan fingerprint density at radius 3 is 2.00 bits per heavy atom. The molecule has 0 fully saturated rings. The molecule has 0 saturated heterocycles. The zero-order chi connectivity index (χ0) is 13.1. The summed E-state index contributed by atoms with van der Waals surface area (Å²) in [5.74, 6) is 0. The monoisotopic (exact) mass is 236 g/mol. The third-order valence-electron chi connectivity index (χ3n) is 3.14. The predicted molar refractivity (Wildman–Crippen MR) is 80.3 cm³/mol. The number of rotatable bonds is 8. The maximum absolute atomic E-state index is 2.34. The van der Waals surface area contributed by atoms with E-state index >= 15 is 0 Å². The molecule has 100 valence electrons. The van der Waals surface area contributed by atoms with Crippen LogP contribution < -0.4 is 0 Å². The molecule has 0 amide bonds. The number of unbranched alkanes of at least 4 members (excludes halogenated alkanes) is 4. The Kier molecular flexibility index (Phi) is 9.21. The third kappa shape index (κ3) is 11.7. The SMILES string of the molecule is C/C=C\C(=C/C)CCCCCCCC(C)(C)C. The second-order valence-electron chi connectivity index (χ2n) is 6.19. The lowest BCUT2D eigenvalue weighted by atomic mass is 9.89.